The van der Waals surface area contributed by atoms with E-state index in [1.807, 2.05) is 25.1 Å². The Morgan fingerprint density at radius 1 is 1.38 bits per heavy atom. The van der Waals surface area contributed by atoms with E-state index in [-0.39, 0.29) is 6.61 Å². The number of ether oxygens (including phenoxy) is 1. The fraction of sp³-hybridized carbons (Fsp3) is 0.455. The maximum atomic E-state index is 8.94. The molecule has 1 aromatic rings. The summed E-state index contributed by atoms with van der Waals surface area (Å²) in [5.74, 6) is 0.886. The molecule has 1 rings (SSSR count). The summed E-state index contributed by atoms with van der Waals surface area (Å²) < 4.78 is 5.45. The predicted molar refractivity (Wildman–Crippen MR) is 52.9 cm³/mol. The number of hydrogen-bond donors (Lipinski definition) is 1. The molecule has 72 valence electrons. The van der Waals surface area contributed by atoms with Gasteiger partial charge in [0.25, 0.3) is 0 Å². The number of benzene rings is 1. The van der Waals surface area contributed by atoms with Crippen LogP contribution in [-0.4, -0.2) is 11.7 Å². The van der Waals surface area contributed by atoms with Crippen molar-refractivity contribution < 1.29 is 9.84 Å². The summed E-state index contributed by atoms with van der Waals surface area (Å²) in [5, 5.41) is 8.94. The van der Waals surface area contributed by atoms with Crippen molar-refractivity contribution in [1.82, 2.24) is 0 Å². The number of rotatable bonds is 4. The Hall–Kier alpha value is -1.02. The second-order valence-electron chi connectivity index (χ2n) is 3.09. The molecule has 1 aromatic carbocycles. The van der Waals surface area contributed by atoms with Gasteiger partial charge in [0.1, 0.15) is 5.75 Å². The fourth-order valence-corrected chi connectivity index (χ4v) is 1.16. The van der Waals surface area contributed by atoms with Crippen LogP contribution in [0.1, 0.15) is 24.5 Å². The van der Waals surface area contributed by atoms with Crippen molar-refractivity contribution in [3.05, 3.63) is 29.3 Å². The summed E-state index contributed by atoms with van der Waals surface area (Å²) in [6.45, 7) is 4.90. The Kier molecular flexibility index (Phi) is 3.77. The standard InChI is InChI=1S/C11H16O2/c1-3-6-13-11-5-4-10(8-12)9(2)7-11/h4-5,7,12H,3,6,8H2,1-2H3. The lowest BCUT2D eigenvalue weighted by atomic mass is 10.1. The first-order valence-electron chi connectivity index (χ1n) is 4.61. The Balaban J connectivity index is 2.71. The maximum absolute atomic E-state index is 8.94. The lowest BCUT2D eigenvalue weighted by molar-refractivity contribution is 0.280. The van der Waals surface area contributed by atoms with Crippen LogP contribution in [0.25, 0.3) is 0 Å². The highest BCUT2D eigenvalue weighted by atomic mass is 16.5. The molecule has 2 heteroatoms. The van der Waals surface area contributed by atoms with E-state index in [0.717, 1.165) is 29.9 Å². The highest BCUT2D eigenvalue weighted by Crippen LogP contribution is 2.17. The van der Waals surface area contributed by atoms with Crippen LogP contribution in [0.3, 0.4) is 0 Å². The monoisotopic (exact) mass is 180 g/mol. The summed E-state index contributed by atoms with van der Waals surface area (Å²) in [6, 6.07) is 5.76. The van der Waals surface area contributed by atoms with Crippen molar-refractivity contribution in [3.8, 4) is 5.75 Å². The van der Waals surface area contributed by atoms with E-state index in [0.29, 0.717) is 0 Å². The molecule has 1 N–H and O–H groups in total. The number of hydrogen-bond acceptors (Lipinski definition) is 2. The molecule has 0 bridgehead atoms. The summed E-state index contributed by atoms with van der Waals surface area (Å²) in [6.07, 6.45) is 1.01. The molecule has 0 fully saturated rings. The van der Waals surface area contributed by atoms with Crippen LogP contribution in [0.5, 0.6) is 5.75 Å². The molecule has 0 saturated carbocycles. The molecule has 0 radical (unpaired) electrons. The van der Waals surface area contributed by atoms with Gasteiger partial charge in [0, 0.05) is 0 Å². The third-order valence-corrected chi connectivity index (χ3v) is 1.96. The molecule has 0 saturated heterocycles. The van der Waals surface area contributed by atoms with E-state index in [9.17, 15) is 0 Å². The van der Waals surface area contributed by atoms with E-state index in [2.05, 4.69) is 6.92 Å². The van der Waals surface area contributed by atoms with E-state index in [1.165, 1.54) is 0 Å². The normalized spacial score (nSPS) is 10.1. The topological polar surface area (TPSA) is 29.5 Å². The zero-order chi connectivity index (χ0) is 9.68. The van der Waals surface area contributed by atoms with Gasteiger partial charge >= 0.3 is 0 Å². The van der Waals surface area contributed by atoms with Crippen molar-refractivity contribution in [2.75, 3.05) is 6.61 Å². The Morgan fingerprint density at radius 3 is 2.69 bits per heavy atom. The molecule has 0 spiro atoms. The van der Waals surface area contributed by atoms with Crippen LogP contribution in [0, 0.1) is 6.92 Å². The van der Waals surface area contributed by atoms with Gasteiger partial charge in [0.15, 0.2) is 0 Å². The van der Waals surface area contributed by atoms with Gasteiger partial charge in [-0.25, -0.2) is 0 Å². The maximum Gasteiger partial charge on any atom is 0.119 e. The number of aryl methyl sites for hydroxylation is 1. The molecule has 0 amide bonds. The van der Waals surface area contributed by atoms with Crippen LogP contribution >= 0.6 is 0 Å². The largest absolute Gasteiger partial charge is 0.494 e. The minimum atomic E-state index is 0.0971. The van der Waals surface area contributed by atoms with E-state index < -0.39 is 0 Å². The van der Waals surface area contributed by atoms with E-state index in [4.69, 9.17) is 9.84 Å². The first-order valence-corrected chi connectivity index (χ1v) is 4.61. The number of aliphatic hydroxyl groups is 1. The van der Waals surface area contributed by atoms with Crippen molar-refractivity contribution in [3.63, 3.8) is 0 Å². The van der Waals surface area contributed by atoms with Gasteiger partial charge in [-0.15, -0.1) is 0 Å². The third-order valence-electron chi connectivity index (χ3n) is 1.96. The highest BCUT2D eigenvalue weighted by molar-refractivity contribution is 5.34. The fourth-order valence-electron chi connectivity index (χ4n) is 1.16. The molecular weight excluding hydrogens is 164 g/mol. The molecule has 0 atom stereocenters. The van der Waals surface area contributed by atoms with Crippen LogP contribution < -0.4 is 4.74 Å². The van der Waals surface area contributed by atoms with Crippen molar-refractivity contribution in [1.29, 1.82) is 0 Å². The molecular formula is C11H16O2. The molecule has 0 aliphatic carbocycles. The quantitative estimate of drug-likeness (QED) is 0.770. The number of aliphatic hydroxyl groups excluding tert-OH is 1. The van der Waals surface area contributed by atoms with Crippen molar-refractivity contribution in [2.45, 2.75) is 26.9 Å². The Morgan fingerprint density at radius 2 is 2.15 bits per heavy atom. The second-order valence-corrected chi connectivity index (χ2v) is 3.09. The smallest absolute Gasteiger partial charge is 0.119 e. The zero-order valence-electron chi connectivity index (χ0n) is 8.21. The second kappa shape index (κ2) is 4.87. The molecule has 0 aromatic heterocycles. The lowest BCUT2D eigenvalue weighted by Crippen LogP contribution is -1.96. The highest BCUT2D eigenvalue weighted by Gasteiger charge is 1.98. The molecule has 0 unspecified atom stereocenters. The lowest BCUT2D eigenvalue weighted by Gasteiger charge is -2.07. The Bertz CT molecular complexity index is 269. The van der Waals surface area contributed by atoms with Crippen molar-refractivity contribution in [2.24, 2.45) is 0 Å². The average molecular weight is 180 g/mol. The minimum Gasteiger partial charge on any atom is -0.494 e. The van der Waals surface area contributed by atoms with E-state index >= 15 is 0 Å². The van der Waals surface area contributed by atoms with Gasteiger partial charge < -0.3 is 9.84 Å². The first kappa shape index (κ1) is 10.1. The van der Waals surface area contributed by atoms with Crippen molar-refractivity contribution >= 4 is 0 Å². The summed E-state index contributed by atoms with van der Waals surface area (Å²) >= 11 is 0. The van der Waals surface area contributed by atoms with Gasteiger partial charge in [-0.1, -0.05) is 13.0 Å². The van der Waals surface area contributed by atoms with Crippen LogP contribution in [0.15, 0.2) is 18.2 Å². The predicted octanol–water partition coefficient (Wildman–Crippen LogP) is 2.28. The molecule has 2 nitrogen and oxygen atoms in total. The molecule has 0 heterocycles. The average Bonchev–Trinajstić information content (AvgIpc) is 2.15. The summed E-state index contributed by atoms with van der Waals surface area (Å²) in [5.41, 5.74) is 2.04. The van der Waals surface area contributed by atoms with Gasteiger partial charge in [-0.2, -0.15) is 0 Å². The molecule has 0 aliphatic rings. The third kappa shape index (κ3) is 2.74. The Labute approximate surface area is 79.2 Å². The van der Waals surface area contributed by atoms with Gasteiger partial charge in [-0.3, -0.25) is 0 Å². The minimum absolute atomic E-state index is 0.0971. The molecule has 0 aliphatic heterocycles. The summed E-state index contributed by atoms with van der Waals surface area (Å²) in [7, 11) is 0. The SMILES string of the molecule is CCCOc1ccc(CO)c(C)c1. The zero-order valence-corrected chi connectivity index (χ0v) is 8.21. The van der Waals surface area contributed by atoms with Gasteiger partial charge in [-0.05, 0) is 36.6 Å². The first-order chi connectivity index (χ1) is 6.27. The van der Waals surface area contributed by atoms with E-state index in [1.54, 1.807) is 0 Å². The van der Waals surface area contributed by atoms with Gasteiger partial charge in [0.05, 0.1) is 13.2 Å². The van der Waals surface area contributed by atoms with Gasteiger partial charge in [0.2, 0.25) is 0 Å². The molecule has 13 heavy (non-hydrogen) atoms. The van der Waals surface area contributed by atoms with Crippen LogP contribution in [-0.2, 0) is 6.61 Å². The summed E-state index contributed by atoms with van der Waals surface area (Å²) in [4.78, 5) is 0. The van der Waals surface area contributed by atoms with Crippen LogP contribution in [0.4, 0.5) is 0 Å². The van der Waals surface area contributed by atoms with Crippen LogP contribution in [0.2, 0.25) is 0 Å².